The van der Waals surface area contributed by atoms with Gasteiger partial charge in [-0.25, -0.2) is 9.35 Å². The number of carbonyl (C=O) groups excluding carboxylic acids is 4. The van der Waals surface area contributed by atoms with Crippen LogP contribution in [0, 0.1) is 47.3 Å². The van der Waals surface area contributed by atoms with Crippen LogP contribution in [0.15, 0.2) is 37.5 Å². The summed E-state index contributed by atoms with van der Waals surface area (Å²) >= 11 is 0. The molecule has 0 N–H and O–H groups in total. The summed E-state index contributed by atoms with van der Waals surface area (Å²) in [6.45, 7) is 0. The molecule has 12 heteroatoms. The summed E-state index contributed by atoms with van der Waals surface area (Å²) in [5.74, 6) is -4.06. The molecule has 150 valence electrons. The first-order valence-corrected chi connectivity index (χ1v) is 9.73. The molecule has 30 heavy (non-hydrogen) atoms. The normalized spacial score (nSPS) is 40.7. The molecule has 2 aromatic rings. The predicted molar refractivity (Wildman–Crippen MR) is 93.6 cm³/mol. The van der Waals surface area contributed by atoms with Gasteiger partial charge in [-0.15, -0.1) is 20.4 Å². The second-order valence-corrected chi connectivity index (χ2v) is 8.46. The van der Waals surface area contributed by atoms with Crippen molar-refractivity contribution in [3.05, 3.63) is 37.5 Å². The molecule has 2 saturated heterocycles. The van der Waals surface area contributed by atoms with E-state index >= 15 is 0 Å². The van der Waals surface area contributed by atoms with Crippen LogP contribution in [0.1, 0.15) is 0 Å². The highest BCUT2D eigenvalue weighted by molar-refractivity contribution is 6.20. The van der Waals surface area contributed by atoms with Gasteiger partial charge in [0.2, 0.25) is 0 Å². The molecule has 2 saturated carbocycles. The van der Waals surface area contributed by atoms with Crippen LogP contribution in [0.3, 0.4) is 0 Å². The van der Waals surface area contributed by atoms with Crippen LogP contribution in [0.25, 0.3) is 0 Å². The number of hydrogen-bond donors (Lipinski definition) is 0. The van der Waals surface area contributed by atoms with Gasteiger partial charge in [0, 0.05) is 0 Å². The lowest BCUT2D eigenvalue weighted by atomic mass is 9.40. The number of amides is 4. The maximum absolute atomic E-state index is 13.2. The molecule has 4 heterocycles. The average molecular weight is 406 g/mol. The SMILES string of the molecule is O=C1[C@@H]2[C@H]3C=C[C@@H]([C@@H]2C(=O)N1n1cnnc1)[C@@H]1[C@@H]2C(=O)N(n4cnnc4)C(=O)[C@@H]2[C@H]31. The van der Waals surface area contributed by atoms with Gasteiger partial charge in [-0.2, -0.15) is 10.0 Å². The third-order valence-corrected chi connectivity index (χ3v) is 7.57. The van der Waals surface area contributed by atoms with E-state index in [-0.39, 0.29) is 47.3 Å². The molecule has 0 unspecified atom stereocenters. The Kier molecular flexibility index (Phi) is 2.73. The summed E-state index contributed by atoms with van der Waals surface area (Å²) < 4.78 is 2.60. The number of allylic oxidation sites excluding steroid dienone is 2. The minimum Gasteiger partial charge on any atom is -0.272 e. The van der Waals surface area contributed by atoms with Crippen LogP contribution in [0.4, 0.5) is 0 Å². The Morgan fingerprint density at radius 1 is 0.533 bits per heavy atom. The lowest BCUT2D eigenvalue weighted by Gasteiger charge is -2.60. The summed E-state index contributed by atoms with van der Waals surface area (Å²) in [5.41, 5.74) is 0. The van der Waals surface area contributed by atoms with Gasteiger partial charge in [-0.05, 0) is 23.7 Å². The zero-order valence-corrected chi connectivity index (χ0v) is 15.3. The third-order valence-electron chi connectivity index (χ3n) is 7.57. The zero-order valence-electron chi connectivity index (χ0n) is 15.3. The van der Waals surface area contributed by atoms with E-state index < -0.39 is 23.7 Å². The molecular formula is C18H14N8O4. The fourth-order valence-electron chi connectivity index (χ4n) is 6.62. The van der Waals surface area contributed by atoms with Gasteiger partial charge in [-0.3, -0.25) is 19.2 Å². The Hall–Kier alpha value is -3.70. The largest absolute Gasteiger partial charge is 0.272 e. The minimum atomic E-state index is -0.538. The monoisotopic (exact) mass is 406 g/mol. The van der Waals surface area contributed by atoms with E-state index in [9.17, 15) is 19.2 Å². The molecule has 2 bridgehead atoms. The zero-order chi connectivity index (χ0) is 20.3. The smallest absolute Gasteiger partial charge is 0.253 e. The van der Waals surface area contributed by atoms with E-state index in [2.05, 4.69) is 20.4 Å². The van der Waals surface area contributed by atoms with E-state index in [0.29, 0.717) is 0 Å². The number of rotatable bonds is 2. The first-order chi connectivity index (χ1) is 14.6. The van der Waals surface area contributed by atoms with Crippen molar-refractivity contribution in [1.82, 2.24) is 29.7 Å². The van der Waals surface area contributed by atoms with E-state index in [1.165, 1.54) is 34.7 Å². The van der Waals surface area contributed by atoms with Crippen molar-refractivity contribution >= 4 is 23.6 Å². The van der Waals surface area contributed by atoms with Crippen molar-refractivity contribution in [3.63, 3.8) is 0 Å². The lowest BCUT2D eigenvalue weighted by molar-refractivity contribution is -0.166. The third kappa shape index (κ3) is 1.58. The molecule has 0 aromatic carbocycles. The van der Waals surface area contributed by atoms with Crippen molar-refractivity contribution in [2.45, 2.75) is 0 Å². The molecule has 12 nitrogen and oxygen atoms in total. The van der Waals surface area contributed by atoms with Gasteiger partial charge >= 0.3 is 0 Å². The number of aromatic nitrogens is 6. The van der Waals surface area contributed by atoms with Crippen LogP contribution >= 0.6 is 0 Å². The highest BCUT2D eigenvalue weighted by Gasteiger charge is 2.75. The Bertz CT molecular complexity index is 1100. The highest BCUT2D eigenvalue weighted by atomic mass is 16.2. The predicted octanol–water partition coefficient (Wildman–Crippen LogP) is -1.89. The van der Waals surface area contributed by atoms with Gasteiger partial charge in [-0.1, -0.05) is 12.2 Å². The van der Waals surface area contributed by atoms with E-state index in [4.69, 9.17) is 0 Å². The second kappa shape index (κ2) is 5.07. The van der Waals surface area contributed by atoms with Crippen LogP contribution in [0.2, 0.25) is 0 Å². The molecular weight excluding hydrogens is 392 g/mol. The number of fused-ring (bicyclic) bond motifs is 1. The van der Waals surface area contributed by atoms with E-state index in [1.54, 1.807) is 0 Å². The quantitative estimate of drug-likeness (QED) is 0.417. The Balaban J connectivity index is 1.29. The molecule has 2 aromatic heterocycles. The highest BCUT2D eigenvalue weighted by Crippen LogP contribution is 2.67. The van der Waals surface area contributed by atoms with Crippen molar-refractivity contribution < 1.29 is 19.2 Å². The second-order valence-electron chi connectivity index (χ2n) is 8.46. The Morgan fingerprint density at radius 3 is 1.23 bits per heavy atom. The lowest BCUT2D eigenvalue weighted by Crippen LogP contribution is -2.63. The van der Waals surface area contributed by atoms with Gasteiger partial charge in [0.25, 0.3) is 23.6 Å². The molecule has 4 aliphatic carbocycles. The number of hydrogen-bond acceptors (Lipinski definition) is 8. The van der Waals surface area contributed by atoms with Crippen LogP contribution < -0.4 is 10.0 Å². The molecule has 8 atom stereocenters. The fraction of sp³-hybridized carbons (Fsp3) is 0.444. The summed E-state index contributed by atoms with van der Waals surface area (Å²) in [6.07, 6.45) is 9.18. The summed E-state index contributed by atoms with van der Waals surface area (Å²) in [5, 5.41) is 16.9. The van der Waals surface area contributed by atoms with Crippen LogP contribution in [-0.2, 0) is 19.2 Å². The molecule has 0 radical (unpaired) electrons. The van der Waals surface area contributed by atoms with Crippen molar-refractivity contribution in [1.29, 1.82) is 0 Å². The van der Waals surface area contributed by atoms with E-state index in [0.717, 1.165) is 10.0 Å². The standard InChI is InChI=1S/C18H14N8O4/c27-15-11-7-1-2-8(12(11)16(28)25(15)23-3-19-20-4-23)10-9(7)13-14(10)18(30)26(17(13)29)24-5-21-22-6-24/h1-14H/t7-,8+,9+,10-,11+,12-,13+,14-. The van der Waals surface area contributed by atoms with Crippen LogP contribution in [-0.4, -0.2) is 53.4 Å². The fourth-order valence-corrected chi connectivity index (χ4v) is 6.62. The van der Waals surface area contributed by atoms with E-state index in [1.807, 2.05) is 12.2 Å². The number of carbonyl (C=O) groups is 4. The summed E-state index contributed by atoms with van der Waals surface area (Å²) in [7, 11) is 0. The van der Waals surface area contributed by atoms with Crippen molar-refractivity contribution in [3.8, 4) is 0 Å². The first-order valence-electron chi connectivity index (χ1n) is 9.73. The molecule has 0 spiro atoms. The molecule has 4 fully saturated rings. The number of nitrogens with zero attached hydrogens (tertiary/aromatic N) is 8. The van der Waals surface area contributed by atoms with Crippen LogP contribution in [0.5, 0.6) is 0 Å². The molecule has 4 amide bonds. The maximum atomic E-state index is 13.2. The number of imide groups is 2. The summed E-state index contributed by atoms with van der Waals surface area (Å²) in [4.78, 5) is 52.7. The molecule has 6 aliphatic rings. The Labute approximate surface area is 168 Å². The molecule has 2 aliphatic heterocycles. The van der Waals surface area contributed by atoms with Gasteiger partial charge in [0.15, 0.2) is 0 Å². The van der Waals surface area contributed by atoms with Gasteiger partial charge in [0.05, 0.1) is 23.7 Å². The molecule has 8 rings (SSSR count). The average Bonchev–Trinajstić information content (AvgIpc) is 3.47. The Morgan fingerprint density at radius 2 is 0.867 bits per heavy atom. The maximum Gasteiger partial charge on any atom is 0.253 e. The summed E-state index contributed by atoms with van der Waals surface area (Å²) in [6, 6.07) is 0. The first kappa shape index (κ1) is 16.1. The van der Waals surface area contributed by atoms with Gasteiger partial charge < -0.3 is 0 Å². The van der Waals surface area contributed by atoms with Gasteiger partial charge in [0.1, 0.15) is 25.3 Å². The van der Waals surface area contributed by atoms with Crippen molar-refractivity contribution in [2.75, 3.05) is 10.0 Å². The minimum absolute atomic E-state index is 0.137. The topological polar surface area (TPSA) is 136 Å². The van der Waals surface area contributed by atoms with Crippen molar-refractivity contribution in [2.24, 2.45) is 47.3 Å².